The molecule has 1 aliphatic rings. The van der Waals surface area contributed by atoms with Gasteiger partial charge in [-0.05, 0) is 12.5 Å². The van der Waals surface area contributed by atoms with Crippen LogP contribution >= 0.6 is 0 Å². The van der Waals surface area contributed by atoms with Crippen molar-refractivity contribution < 1.29 is 17.2 Å². The Balaban J connectivity index is 2.55. The van der Waals surface area contributed by atoms with Gasteiger partial charge in [0.25, 0.3) is 5.92 Å². The number of rotatable bonds is 3. The Labute approximate surface area is 88.5 Å². The molecule has 1 heterocycles. The van der Waals surface area contributed by atoms with Gasteiger partial charge < -0.3 is 5.32 Å². The fourth-order valence-electron chi connectivity index (χ4n) is 1.61. The van der Waals surface area contributed by atoms with Crippen molar-refractivity contribution in [2.75, 3.05) is 25.9 Å². The Bertz CT molecular complexity index is 319. The van der Waals surface area contributed by atoms with E-state index in [1.807, 2.05) is 0 Å². The zero-order valence-corrected chi connectivity index (χ0v) is 9.57. The van der Waals surface area contributed by atoms with E-state index in [9.17, 15) is 17.2 Å². The molecule has 15 heavy (non-hydrogen) atoms. The van der Waals surface area contributed by atoms with E-state index in [4.69, 9.17) is 0 Å². The van der Waals surface area contributed by atoms with Crippen molar-refractivity contribution in [1.82, 2.24) is 10.0 Å². The van der Waals surface area contributed by atoms with Gasteiger partial charge in [0.1, 0.15) is 0 Å². The summed E-state index contributed by atoms with van der Waals surface area (Å²) in [5.74, 6) is -3.95. The number of nitrogens with one attached hydrogen (secondary N) is 2. The van der Waals surface area contributed by atoms with Crippen LogP contribution in [0.2, 0.25) is 0 Å². The van der Waals surface area contributed by atoms with Gasteiger partial charge >= 0.3 is 0 Å². The summed E-state index contributed by atoms with van der Waals surface area (Å²) in [6.07, 6.45) is 1.02. The standard InChI is InChI=1S/C8H16F2N2O2S/c1-6-7(4-12-15(2,13)14)3-11-5-8(6,9)10/h6-7,11-12H,3-5H2,1-2H3. The molecule has 2 unspecified atom stereocenters. The van der Waals surface area contributed by atoms with Crippen LogP contribution in [0.4, 0.5) is 8.78 Å². The first kappa shape index (κ1) is 12.8. The van der Waals surface area contributed by atoms with Crippen LogP contribution in [0.1, 0.15) is 6.92 Å². The molecule has 4 nitrogen and oxygen atoms in total. The van der Waals surface area contributed by atoms with Crippen molar-refractivity contribution in [3.8, 4) is 0 Å². The summed E-state index contributed by atoms with van der Waals surface area (Å²) in [7, 11) is -3.31. The lowest BCUT2D eigenvalue weighted by Gasteiger charge is -2.36. The molecule has 90 valence electrons. The molecular formula is C8H16F2N2O2S. The smallest absolute Gasteiger partial charge is 0.263 e. The normalized spacial score (nSPS) is 31.5. The van der Waals surface area contributed by atoms with Crippen molar-refractivity contribution in [3.63, 3.8) is 0 Å². The minimum atomic E-state index is -3.31. The summed E-state index contributed by atoms with van der Waals surface area (Å²) in [6.45, 7) is 1.60. The highest BCUT2D eigenvalue weighted by Gasteiger charge is 2.43. The van der Waals surface area contributed by atoms with Crippen LogP contribution in [0.3, 0.4) is 0 Å². The zero-order chi connectivity index (χ0) is 11.7. The SMILES string of the molecule is CC1C(CNS(C)(=O)=O)CNCC1(F)F. The Hall–Kier alpha value is -0.270. The molecule has 1 saturated heterocycles. The molecule has 0 saturated carbocycles. The molecule has 2 N–H and O–H groups in total. The second-order valence-corrected chi connectivity index (χ2v) is 5.89. The monoisotopic (exact) mass is 242 g/mol. The van der Waals surface area contributed by atoms with Gasteiger partial charge in [-0.25, -0.2) is 21.9 Å². The predicted molar refractivity (Wildman–Crippen MR) is 53.3 cm³/mol. The third-order valence-corrected chi connectivity index (χ3v) is 3.44. The van der Waals surface area contributed by atoms with Crippen molar-refractivity contribution in [1.29, 1.82) is 0 Å². The third-order valence-electron chi connectivity index (χ3n) is 2.75. The van der Waals surface area contributed by atoms with Crippen LogP contribution in [-0.2, 0) is 10.0 Å². The molecule has 0 spiro atoms. The highest BCUT2D eigenvalue weighted by Crippen LogP contribution is 2.32. The van der Waals surface area contributed by atoms with Crippen molar-refractivity contribution in [2.24, 2.45) is 11.8 Å². The van der Waals surface area contributed by atoms with Crippen molar-refractivity contribution >= 4 is 10.0 Å². The minimum absolute atomic E-state index is 0.0581. The maximum atomic E-state index is 13.2. The van der Waals surface area contributed by atoms with Gasteiger partial charge in [-0.15, -0.1) is 0 Å². The Morgan fingerprint density at radius 3 is 2.67 bits per heavy atom. The fourth-order valence-corrected chi connectivity index (χ4v) is 2.13. The molecule has 0 aliphatic carbocycles. The number of alkyl halides is 2. The lowest BCUT2D eigenvalue weighted by atomic mass is 9.85. The first-order valence-corrected chi connectivity index (χ1v) is 6.65. The molecule has 0 radical (unpaired) electrons. The van der Waals surface area contributed by atoms with Gasteiger partial charge in [0.2, 0.25) is 10.0 Å². The molecule has 0 amide bonds. The molecule has 1 fully saturated rings. The Morgan fingerprint density at radius 1 is 1.53 bits per heavy atom. The largest absolute Gasteiger partial charge is 0.311 e. The highest BCUT2D eigenvalue weighted by molar-refractivity contribution is 7.88. The van der Waals surface area contributed by atoms with Crippen LogP contribution in [-0.4, -0.2) is 40.2 Å². The average Bonchev–Trinajstić information content (AvgIpc) is 2.06. The third kappa shape index (κ3) is 3.66. The van der Waals surface area contributed by atoms with E-state index in [2.05, 4.69) is 10.0 Å². The quantitative estimate of drug-likeness (QED) is 0.734. The highest BCUT2D eigenvalue weighted by atomic mass is 32.2. The van der Waals surface area contributed by atoms with E-state index in [0.29, 0.717) is 6.54 Å². The van der Waals surface area contributed by atoms with Gasteiger partial charge in [0.05, 0.1) is 12.8 Å². The molecule has 0 aromatic carbocycles. The maximum absolute atomic E-state index is 13.2. The van der Waals surface area contributed by atoms with Crippen LogP contribution in [0, 0.1) is 11.8 Å². The summed E-state index contributed by atoms with van der Waals surface area (Å²) in [4.78, 5) is 0. The van der Waals surface area contributed by atoms with E-state index < -0.39 is 21.9 Å². The van der Waals surface area contributed by atoms with Crippen molar-refractivity contribution in [2.45, 2.75) is 12.8 Å². The van der Waals surface area contributed by atoms with Crippen LogP contribution in [0.25, 0.3) is 0 Å². The minimum Gasteiger partial charge on any atom is -0.311 e. The molecule has 2 atom stereocenters. The topological polar surface area (TPSA) is 58.2 Å². The van der Waals surface area contributed by atoms with E-state index in [1.54, 1.807) is 0 Å². The maximum Gasteiger partial charge on any atom is 0.263 e. The van der Waals surface area contributed by atoms with E-state index in [1.165, 1.54) is 6.92 Å². The number of hydrogen-bond donors (Lipinski definition) is 2. The first-order chi connectivity index (χ1) is 6.72. The lowest BCUT2D eigenvalue weighted by molar-refractivity contribution is -0.0876. The second kappa shape index (κ2) is 4.31. The summed E-state index contributed by atoms with van der Waals surface area (Å²) in [5.41, 5.74) is 0. The Morgan fingerprint density at radius 2 is 2.13 bits per heavy atom. The summed E-state index contributed by atoms with van der Waals surface area (Å²) in [6, 6.07) is 0. The lowest BCUT2D eigenvalue weighted by Crippen LogP contribution is -2.53. The summed E-state index contributed by atoms with van der Waals surface area (Å²) in [5, 5.41) is 2.61. The van der Waals surface area contributed by atoms with E-state index in [-0.39, 0.29) is 19.0 Å². The summed E-state index contributed by atoms with van der Waals surface area (Å²) < 4.78 is 50.4. The van der Waals surface area contributed by atoms with Gasteiger partial charge in [-0.2, -0.15) is 0 Å². The van der Waals surface area contributed by atoms with Gasteiger partial charge in [-0.1, -0.05) is 6.92 Å². The fraction of sp³-hybridized carbons (Fsp3) is 1.00. The van der Waals surface area contributed by atoms with Gasteiger partial charge in [0, 0.05) is 12.5 Å². The molecule has 0 bridgehead atoms. The predicted octanol–water partition coefficient (Wildman–Crippen LogP) is 0.0264. The van der Waals surface area contributed by atoms with Crippen molar-refractivity contribution in [3.05, 3.63) is 0 Å². The van der Waals surface area contributed by atoms with Gasteiger partial charge in [0.15, 0.2) is 0 Å². The molecule has 0 aromatic rings. The van der Waals surface area contributed by atoms with Crippen LogP contribution in [0.15, 0.2) is 0 Å². The molecule has 7 heteroatoms. The van der Waals surface area contributed by atoms with E-state index >= 15 is 0 Å². The average molecular weight is 242 g/mol. The summed E-state index contributed by atoms with van der Waals surface area (Å²) >= 11 is 0. The molecular weight excluding hydrogens is 226 g/mol. The molecule has 0 aromatic heterocycles. The van der Waals surface area contributed by atoms with Crippen LogP contribution in [0.5, 0.6) is 0 Å². The molecule has 1 aliphatic heterocycles. The second-order valence-electron chi connectivity index (χ2n) is 4.06. The van der Waals surface area contributed by atoms with Crippen LogP contribution < -0.4 is 10.0 Å². The number of sulfonamides is 1. The number of piperidine rings is 1. The molecule has 1 rings (SSSR count). The van der Waals surface area contributed by atoms with Gasteiger partial charge in [-0.3, -0.25) is 0 Å². The van der Waals surface area contributed by atoms with E-state index in [0.717, 1.165) is 6.26 Å². The Kier molecular flexibility index (Phi) is 3.67. The zero-order valence-electron chi connectivity index (χ0n) is 8.76. The first-order valence-electron chi connectivity index (χ1n) is 4.75. The number of halogens is 2. The number of hydrogen-bond acceptors (Lipinski definition) is 3.